The number of ether oxygens (including phenoxy) is 1. The zero-order valence-corrected chi connectivity index (χ0v) is 11.3. The highest BCUT2D eigenvalue weighted by Crippen LogP contribution is 2.20. The van der Waals surface area contributed by atoms with Gasteiger partial charge in [-0.2, -0.15) is 0 Å². The van der Waals surface area contributed by atoms with Gasteiger partial charge >= 0.3 is 0 Å². The van der Waals surface area contributed by atoms with Crippen LogP contribution in [-0.4, -0.2) is 30.3 Å². The molecule has 2 rings (SSSR count). The number of carbonyl (C=O) groups is 1. The Morgan fingerprint density at radius 3 is 2.84 bits per heavy atom. The Balaban J connectivity index is 1.93. The average molecular weight is 263 g/mol. The summed E-state index contributed by atoms with van der Waals surface area (Å²) in [5.41, 5.74) is 0.868. The van der Waals surface area contributed by atoms with Gasteiger partial charge in [0.1, 0.15) is 5.75 Å². The highest BCUT2D eigenvalue weighted by molar-refractivity contribution is 5.79. The number of methoxy groups -OCH3 is 1. The molecule has 0 heterocycles. The fraction of sp³-hybridized carbons (Fsp3) is 0.533. The van der Waals surface area contributed by atoms with E-state index < -0.39 is 6.10 Å². The SMILES string of the molecule is COc1ccccc1CC(=O)N[C@@H]1CCCC[C@H]1O. The van der Waals surface area contributed by atoms with Crippen molar-refractivity contribution in [3.05, 3.63) is 29.8 Å². The molecule has 0 spiro atoms. The topological polar surface area (TPSA) is 58.6 Å². The van der Waals surface area contributed by atoms with Crippen molar-refractivity contribution in [3.8, 4) is 5.75 Å². The normalized spacial score (nSPS) is 22.8. The molecule has 0 aliphatic heterocycles. The predicted molar refractivity (Wildman–Crippen MR) is 73.1 cm³/mol. The first kappa shape index (κ1) is 13.9. The van der Waals surface area contributed by atoms with Crippen molar-refractivity contribution < 1.29 is 14.6 Å². The van der Waals surface area contributed by atoms with Crippen LogP contribution in [0.3, 0.4) is 0 Å². The molecule has 1 amide bonds. The van der Waals surface area contributed by atoms with Crippen LogP contribution in [0.1, 0.15) is 31.2 Å². The third-order valence-corrected chi connectivity index (χ3v) is 3.62. The number of amides is 1. The van der Waals surface area contributed by atoms with Crippen LogP contribution < -0.4 is 10.1 Å². The van der Waals surface area contributed by atoms with E-state index in [1.54, 1.807) is 7.11 Å². The third kappa shape index (κ3) is 3.70. The van der Waals surface area contributed by atoms with E-state index in [0.29, 0.717) is 0 Å². The van der Waals surface area contributed by atoms with E-state index in [1.807, 2.05) is 24.3 Å². The molecule has 1 saturated carbocycles. The molecule has 0 radical (unpaired) electrons. The Hall–Kier alpha value is -1.55. The van der Waals surface area contributed by atoms with Gasteiger partial charge in [0.2, 0.25) is 5.91 Å². The van der Waals surface area contributed by atoms with E-state index in [0.717, 1.165) is 37.0 Å². The van der Waals surface area contributed by atoms with Gasteiger partial charge in [0.15, 0.2) is 0 Å². The molecule has 0 bridgehead atoms. The lowest BCUT2D eigenvalue weighted by atomic mass is 9.92. The fourth-order valence-corrected chi connectivity index (χ4v) is 2.56. The van der Waals surface area contributed by atoms with E-state index in [9.17, 15) is 9.90 Å². The van der Waals surface area contributed by atoms with Crippen LogP contribution in [0.25, 0.3) is 0 Å². The van der Waals surface area contributed by atoms with Crippen molar-refractivity contribution in [2.24, 2.45) is 0 Å². The number of hydrogen-bond donors (Lipinski definition) is 2. The zero-order valence-electron chi connectivity index (χ0n) is 11.3. The molecule has 2 atom stereocenters. The number of aliphatic hydroxyl groups excluding tert-OH is 1. The molecular weight excluding hydrogens is 242 g/mol. The van der Waals surface area contributed by atoms with Gasteiger partial charge in [-0.15, -0.1) is 0 Å². The van der Waals surface area contributed by atoms with Crippen LogP contribution in [-0.2, 0) is 11.2 Å². The zero-order chi connectivity index (χ0) is 13.7. The first-order chi connectivity index (χ1) is 9.20. The summed E-state index contributed by atoms with van der Waals surface area (Å²) < 4.78 is 5.23. The minimum atomic E-state index is -0.407. The van der Waals surface area contributed by atoms with Crippen LogP contribution in [0.15, 0.2) is 24.3 Å². The molecule has 1 aromatic carbocycles. The highest BCUT2D eigenvalue weighted by atomic mass is 16.5. The number of rotatable bonds is 4. The lowest BCUT2D eigenvalue weighted by Crippen LogP contribution is -2.45. The van der Waals surface area contributed by atoms with Gasteiger partial charge in [0.05, 0.1) is 25.7 Å². The summed E-state index contributed by atoms with van der Waals surface area (Å²) in [4.78, 5) is 12.0. The second-order valence-corrected chi connectivity index (χ2v) is 5.01. The first-order valence-electron chi connectivity index (χ1n) is 6.80. The third-order valence-electron chi connectivity index (χ3n) is 3.62. The number of aliphatic hydroxyl groups is 1. The summed E-state index contributed by atoms with van der Waals surface area (Å²) in [6.45, 7) is 0. The minimum absolute atomic E-state index is 0.0598. The summed E-state index contributed by atoms with van der Waals surface area (Å²) in [6, 6.07) is 7.40. The molecule has 1 aliphatic rings. The van der Waals surface area contributed by atoms with E-state index in [1.165, 1.54) is 0 Å². The first-order valence-corrected chi connectivity index (χ1v) is 6.80. The molecule has 1 aromatic rings. The average Bonchev–Trinajstić information content (AvgIpc) is 2.42. The highest BCUT2D eigenvalue weighted by Gasteiger charge is 2.24. The Morgan fingerprint density at radius 1 is 1.37 bits per heavy atom. The number of para-hydroxylation sites is 1. The molecule has 0 saturated heterocycles. The quantitative estimate of drug-likeness (QED) is 0.868. The smallest absolute Gasteiger partial charge is 0.224 e. The van der Waals surface area contributed by atoms with E-state index >= 15 is 0 Å². The largest absolute Gasteiger partial charge is 0.496 e. The fourth-order valence-electron chi connectivity index (χ4n) is 2.56. The van der Waals surface area contributed by atoms with Gasteiger partial charge in [-0.25, -0.2) is 0 Å². The molecule has 19 heavy (non-hydrogen) atoms. The van der Waals surface area contributed by atoms with Gasteiger partial charge in [0, 0.05) is 5.56 Å². The Labute approximate surface area is 113 Å². The summed E-state index contributed by atoms with van der Waals surface area (Å²) >= 11 is 0. The van der Waals surface area contributed by atoms with Gasteiger partial charge < -0.3 is 15.2 Å². The second kappa shape index (κ2) is 6.57. The van der Waals surface area contributed by atoms with Crippen molar-refractivity contribution in [1.82, 2.24) is 5.32 Å². The molecule has 2 N–H and O–H groups in total. The Bertz CT molecular complexity index is 433. The summed E-state index contributed by atoms with van der Waals surface area (Å²) in [5.74, 6) is 0.664. The van der Waals surface area contributed by atoms with Crippen LogP contribution in [0.4, 0.5) is 0 Å². The van der Waals surface area contributed by atoms with Gasteiger partial charge in [-0.3, -0.25) is 4.79 Å². The molecule has 4 nitrogen and oxygen atoms in total. The number of benzene rings is 1. The summed E-state index contributed by atoms with van der Waals surface area (Å²) in [6.07, 6.45) is 3.62. The van der Waals surface area contributed by atoms with Gasteiger partial charge in [-0.1, -0.05) is 31.0 Å². The number of nitrogens with one attached hydrogen (secondary N) is 1. The lowest BCUT2D eigenvalue weighted by molar-refractivity contribution is -0.122. The molecule has 0 aromatic heterocycles. The van der Waals surface area contributed by atoms with Crippen LogP contribution in [0.5, 0.6) is 5.75 Å². The minimum Gasteiger partial charge on any atom is -0.496 e. The maximum atomic E-state index is 12.0. The van der Waals surface area contributed by atoms with Gasteiger partial charge in [0.25, 0.3) is 0 Å². The predicted octanol–water partition coefficient (Wildman–Crippen LogP) is 1.66. The van der Waals surface area contributed by atoms with Crippen LogP contribution in [0, 0.1) is 0 Å². The summed E-state index contributed by atoms with van der Waals surface area (Å²) in [5, 5.41) is 12.8. The Kier molecular flexibility index (Phi) is 4.80. The van der Waals surface area contributed by atoms with E-state index in [2.05, 4.69) is 5.32 Å². The van der Waals surface area contributed by atoms with Crippen LogP contribution >= 0.6 is 0 Å². The molecule has 1 fully saturated rings. The lowest BCUT2D eigenvalue weighted by Gasteiger charge is -2.28. The van der Waals surface area contributed by atoms with E-state index in [-0.39, 0.29) is 18.4 Å². The van der Waals surface area contributed by atoms with Crippen molar-refractivity contribution in [2.75, 3.05) is 7.11 Å². The Morgan fingerprint density at radius 2 is 2.11 bits per heavy atom. The van der Waals surface area contributed by atoms with Crippen molar-refractivity contribution in [1.29, 1.82) is 0 Å². The molecule has 0 unspecified atom stereocenters. The molecule has 104 valence electrons. The maximum absolute atomic E-state index is 12.0. The number of hydrogen-bond acceptors (Lipinski definition) is 3. The standard InChI is InChI=1S/C15H21NO3/c1-19-14-9-5-2-6-11(14)10-15(18)16-12-7-3-4-8-13(12)17/h2,5-6,9,12-13,17H,3-4,7-8,10H2,1H3,(H,16,18)/t12-,13-/m1/s1. The van der Waals surface area contributed by atoms with Crippen LogP contribution in [0.2, 0.25) is 0 Å². The van der Waals surface area contributed by atoms with Crippen molar-refractivity contribution in [3.63, 3.8) is 0 Å². The monoisotopic (exact) mass is 263 g/mol. The molecular formula is C15H21NO3. The summed E-state index contributed by atoms with van der Waals surface area (Å²) in [7, 11) is 1.60. The van der Waals surface area contributed by atoms with E-state index in [4.69, 9.17) is 4.74 Å². The number of carbonyl (C=O) groups excluding carboxylic acids is 1. The second-order valence-electron chi connectivity index (χ2n) is 5.01. The van der Waals surface area contributed by atoms with Crippen molar-refractivity contribution in [2.45, 2.75) is 44.2 Å². The molecule has 1 aliphatic carbocycles. The maximum Gasteiger partial charge on any atom is 0.224 e. The van der Waals surface area contributed by atoms with Gasteiger partial charge in [-0.05, 0) is 18.9 Å². The molecule has 4 heteroatoms. The van der Waals surface area contributed by atoms with Crippen molar-refractivity contribution >= 4 is 5.91 Å².